The van der Waals surface area contributed by atoms with Gasteiger partial charge in [0.15, 0.2) is 6.10 Å². The summed E-state index contributed by atoms with van der Waals surface area (Å²) >= 11 is 0. The zero-order valence-electron chi connectivity index (χ0n) is 9.11. The van der Waals surface area contributed by atoms with Gasteiger partial charge in [0.05, 0.1) is 6.10 Å². The van der Waals surface area contributed by atoms with Crippen molar-refractivity contribution in [2.75, 3.05) is 6.61 Å². The van der Waals surface area contributed by atoms with E-state index in [2.05, 4.69) is 0 Å². The number of hydrogen-bond donors (Lipinski definition) is 2. The lowest BCUT2D eigenvalue weighted by molar-refractivity contribution is -0.210. The molecule has 0 aliphatic heterocycles. The Hall–Kier alpha value is -1.27. The third-order valence-corrected chi connectivity index (χ3v) is 2.13. The Morgan fingerprint density at radius 2 is 1.94 bits per heavy atom. The van der Waals surface area contributed by atoms with Crippen molar-refractivity contribution in [3.05, 3.63) is 29.8 Å². The second-order valence-electron chi connectivity index (χ2n) is 3.62. The molecule has 0 amide bonds. The van der Waals surface area contributed by atoms with Crippen molar-refractivity contribution in [2.24, 2.45) is 0 Å². The van der Waals surface area contributed by atoms with Crippen molar-refractivity contribution in [3.8, 4) is 5.75 Å². The van der Waals surface area contributed by atoms with E-state index >= 15 is 0 Å². The van der Waals surface area contributed by atoms with Gasteiger partial charge in [-0.2, -0.15) is 13.2 Å². The fourth-order valence-corrected chi connectivity index (χ4v) is 1.13. The highest BCUT2D eigenvalue weighted by Gasteiger charge is 2.38. The van der Waals surface area contributed by atoms with E-state index in [1.807, 2.05) is 0 Å². The lowest BCUT2D eigenvalue weighted by Gasteiger charge is -2.15. The van der Waals surface area contributed by atoms with Crippen molar-refractivity contribution >= 4 is 0 Å². The SMILES string of the molecule is CC(O)c1cccc(OCC(O)C(F)(F)F)c1. The maximum Gasteiger partial charge on any atom is 0.417 e. The molecule has 0 saturated heterocycles. The molecule has 0 radical (unpaired) electrons. The number of benzene rings is 1. The fraction of sp³-hybridized carbons (Fsp3) is 0.455. The van der Waals surface area contributed by atoms with Crippen molar-refractivity contribution in [1.82, 2.24) is 0 Å². The van der Waals surface area contributed by atoms with Crippen LogP contribution in [0, 0.1) is 0 Å². The molecule has 3 nitrogen and oxygen atoms in total. The number of halogens is 3. The Morgan fingerprint density at radius 1 is 1.29 bits per heavy atom. The van der Waals surface area contributed by atoms with Crippen molar-refractivity contribution in [2.45, 2.75) is 25.3 Å². The van der Waals surface area contributed by atoms with Gasteiger partial charge in [-0.25, -0.2) is 0 Å². The average Bonchev–Trinajstić information content (AvgIpc) is 2.25. The van der Waals surface area contributed by atoms with Gasteiger partial charge in [-0.3, -0.25) is 0 Å². The van der Waals surface area contributed by atoms with Crippen LogP contribution in [0.3, 0.4) is 0 Å². The second-order valence-corrected chi connectivity index (χ2v) is 3.62. The van der Waals surface area contributed by atoms with E-state index < -0.39 is 25.0 Å². The summed E-state index contributed by atoms with van der Waals surface area (Å²) in [7, 11) is 0. The van der Waals surface area contributed by atoms with E-state index in [0.29, 0.717) is 5.56 Å². The van der Waals surface area contributed by atoms with E-state index in [0.717, 1.165) is 0 Å². The molecular formula is C11H13F3O3. The summed E-state index contributed by atoms with van der Waals surface area (Å²) in [5, 5.41) is 18.0. The molecule has 1 aromatic carbocycles. The highest BCUT2D eigenvalue weighted by molar-refractivity contribution is 5.29. The maximum atomic E-state index is 12.0. The molecule has 1 rings (SSSR count). The van der Waals surface area contributed by atoms with Crippen LogP contribution in [0.25, 0.3) is 0 Å². The van der Waals surface area contributed by atoms with Gasteiger partial charge in [0.1, 0.15) is 12.4 Å². The Balaban J connectivity index is 2.61. The summed E-state index contributed by atoms with van der Waals surface area (Å²) in [6, 6.07) is 6.05. The summed E-state index contributed by atoms with van der Waals surface area (Å²) in [4.78, 5) is 0. The molecule has 2 unspecified atom stereocenters. The minimum atomic E-state index is -4.69. The Labute approximate surface area is 96.5 Å². The first-order valence-electron chi connectivity index (χ1n) is 4.96. The van der Waals surface area contributed by atoms with Crippen LogP contribution in [-0.2, 0) is 0 Å². The number of hydrogen-bond acceptors (Lipinski definition) is 3. The van der Waals surface area contributed by atoms with E-state index in [4.69, 9.17) is 9.84 Å². The smallest absolute Gasteiger partial charge is 0.417 e. The standard InChI is InChI=1S/C11H13F3O3/c1-7(15)8-3-2-4-9(5-8)17-6-10(16)11(12,13)14/h2-5,7,10,15-16H,6H2,1H3. The second kappa shape index (κ2) is 5.37. The van der Waals surface area contributed by atoms with Gasteiger partial charge in [0.25, 0.3) is 0 Å². The number of rotatable bonds is 4. The van der Waals surface area contributed by atoms with Gasteiger partial charge in [-0.1, -0.05) is 12.1 Å². The first-order chi connectivity index (χ1) is 7.80. The molecule has 0 aliphatic carbocycles. The molecule has 17 heavy (non-hydrogen) atoms. The monoisotopic (exact) mass is 250 g/mol. The summed E-state index contributed by atoms with van der Waals surface area (Å²) in [6.45, 7) is 0.663. The van der Waals surface area contributed by atoms with Crippen LogP contribution in [-0.4, -0.2) is 29.1 Å². The van der Waals surface area contributed by atoms with Crippen LogP contribution >= 0.6 is 0 Å². The zero-order valence-corrected chi connectivity index (χ0v) is 9.11. The first-order valence-corrected chi connectivity index (χ1v) is 4.96. The summed E-state index contributed by atoms with van der Waals surface area (Å²) in [5.41, 5.74) is 0.531. The van der Waals surface area contributed by atoms with Crippen LogP contribution in [0.2, 0.25) is 0 Å². The quantitative estimate of drug-likeness (QED) is 0.859. The largest absolute Gasteiger partial charge is 0.491 e. The van der Waals surface area contributed by atoms with Crippen LogP contribution in [0.5, 0.6) is 5.75 Å². The molecule has 2 N–H and O–H groups in total. The summed E-state index contributed by atoms with van der Waals surface area (Å²) in [6.07, 6.45) is -7.94. The van der Waals surface area contributed by atoms with Gasteiger partial charge < -0.3 is 14.9 Å². The first kappa shape index (κ1) is 13.8. The number of aliphatic hydroxyl groups is 2. The van der Waals surface area contributed by atoms with Crippen molar-refractivity contribution in [1.29, 1.82) is 0 Å². The van der Waals surface area contributed by atoms with Gasteiger partial charge in [-0.05, 0) is 24.6 Å². The van der Waals surface area contributed by atoms with Gasteiger partial charge in [0.2, 0.25) is 0 Å². The van der Waals surface area contributed by atoms with Crippen LogP contribution in [0.15, 0.2) is 24.3 Å². The minimum Gasteiger partial charge on any atom is -0.491 e. The summed E-state index contributed by atoms with van der Waals surface area (Å²) in [5.74, 6) is 0.173. The van der Waals surface area contributed by atoms with E-state index in [-0.39, 0.29) is 5.75 Å². The lowest BCUT2D eigenvalue weighted by Crippen LogP contribution is -2.34. The lowest BCUT2D eigenvalue weighted by atomic mass is 10.1. The third kappa shape index (κ3) is 4.24. The maximum absolute atomic E-state index is 12.0. The average molecular weight is 250 g/mol. The minimum absolute atomic E-state index is 0.173. The molecule has 0 bridgehead atoms. The van der Waals surface area contributed by atoms with Gasteiger partial charge in [-0.15, -0.1) is 0 Å². The number of ether oxygens (including phenoxy) is 1. The van der Waals surface area contributed by atoms with Crippen LogP contribution < -0.4 is 4.74 Å². The predicted octanol–water partition coefficient (Wildman–Crippen LogP) is 2.04. The van der Waals surface area contributed by atoms with E-state index in [1.54, 1.807) is 12.1 Å². The molecule has 96 valence electrons. The highest BCUT2D eigenvalue weighted by atomic mass is 19.4. The molecule has 0 saturated carbocycles. The molecule has 6 heteroatoms. The molecule has 1 aromatic rings. The Kier molecular flexibility index (Phi) is 4.36. The topological polar surface area (TPSA) is 49.7 Å². The third-order valence-electron chi connectivity index (χ3n) is 2.13. The molecule has 0 aromatic heterocycles. The molecule has 0 fully saturated rings. The van der Waals surface area contributed by atoms with Gasteiger partial charge in [0, 0.05) is 0 Å². The molecule has 0 heterocycles. The summed E-state index contributed by atoms with van der Waals surface area (Å²) < 4.78 is 40.8. The van der Waals surface area contributed by atoms with Crippen molar-refractivity contribution in [3.63, 3.8) is 0 Å². The Bertz CT molecular complexity index is 363. The van der Waals surface area contributed by atoms with Crippen LogP contribution in [0.4, 0.5) is 13.2 Å². The van der Waals surface area contributed by atoms with Crippen molar-refractivity contribution < 1.29 is 28.1 Å². The number of alkyl halides is 3. The van der Waals surface area contributed by atoms with E-state index in [9.17, 15) is 18.3 Å². The van der Waals surface area contributed by atoms with Gasteiger partial charge >= 0.3 is 6.18 Å². The molecule has 0 spiro atoms. The fourth-order valence-electron chi connectivity index (χ4n) is 1.13. The van der Waals surface area contributed by atoms with Crippen LogP contribution in [0.1, 0.15) is 18.6 Å². The zero-order chi connectivity index (χ0) is 13.1. The number of aliphatic hydroxyl groups excluding tert-OH is 2. The van der Waals surface area contributed by atoms with E-state index in [1.165, 1.54) is 19.1 Å². The normalized spacial score (nSPS) is 15.4. The predicted molar refractivity (Wildman–Crippen MR) is 54.6 cm³/mol. The highest BCUT2D eigenvalue weighted by Crippen LogP contribution is 2.22. The molecular weight excluding hydrogens is 237 g/mol. The Morgan fingerprint density at radius 3 is 2.47 bits per heavy atom. The molecule has 0 aliphatic rings. The molecule has 2 atom stereocenters.